The van der Waals surface area contributed by atoms with E-state index in [9.17, 15) is 4.79 Å². The average molecular weight is 553 g/mol. The second-order valence-corrected chi connectivity index (χ2v) is 9.23. The highest BCUT2D eigenvalue weighted by molar-refractivity contribution is 6.06. The van der Waals surface area contributed by atoms with Gasteiger partial charge in [0.05, 0.1) is 5.39 Å². The summed E-state index contributed by atoms with van der Waals surface area (Å²) in [5.74, 6) is 4.10. The van der Waals surface area contributed by atoms with Gasteiger partial charge >= 0.3 is 5.63 Å². The van der Waals surface area contributed by atoms with Gasteiger partial charge < -0.3 is 22.7 Å². The van der Waals surface area contributed by atoms with Gasteiger partial charge in [-0.3, -0.25) is 0 Å². The number of tetrazole rings is 2. The number of aromatic amines is 2. The topological polar surface area (TPSA) is 184 Å². The summed E-state index contributed by atoms with van der Waals surface area (Å²) in [5.41, 5.74) is 1.52. The molecule has 5 heterocycles. The molecule has 0 atom stereocenters. The van der Waals surface area contributed by atoms with Gasteiger partial charge in [0.1, 0.15) is 41.8 Å². The van der Waals surface area contributed by atoms with Gasteiger partial charge in [0.2, 0.25) is 11.6 Å². The maximum atomic E-state index is 13.1. The lowest BCUT2D eigenvalue weighted by Gasteiger charge is -2.13. The van der Waals surface area contributed by atoms with Crippen molar-refractivity contribution in [2.45, 2.75) is 27.1 Å². The van der Waals surface area contributed by atoms with Gasteiger partial charge in [0.25, 0.3) is 0 Å². The van der Waals surface area contributed by atoms with E-state index in [2.05, 4.69) is 41.2 Å². The van der Waals surface area contributed by atoms with E-state index in [1.807, 2.05) is 32.0 Å². The Morgan fingerprint density at radius 3 is 1.95 bits per heavy atom. The molecule has 0 radical (unpaired) electrons. The number of furan rings is 2. The molecule has 0 unspecified atom stereocenters. The van der Waals surface area contributed by atoms with Crippen molar-refractivity contribution in [1.82, 2.24) is 41.2 Å². The molecule has 5 aromatic heterocycles. The first-order chi connectivity index (χ1) is 20.0. The van der Waals surface area contributed by atoms with Crippen molar-refractivity contribution in [2.24, 2.45) is 0 Å². The van der Waals surface area contributed by atoms with Gasteiger partial charge in [0.15, 0.2) is 11.5 Å². The van der Waals surface area contributed by atoms with E-state index >= 15 is 0 Å². The molecule has 0 saturated heterocycles. The second-order valence-electron chi connectivity index (χ2n) is 9.23. The number of fused-ring (bicyclic) bond motifs is 3. The quantitative estimate of drug-likeness (QED) is 0.202. The molecule has 7 rings (SSSR count). The van der Waals surface area contributed by atoms with Crippen LogP contribution in [-0.2, 0) is 13.2 Å². The van der Waals surface area contributed by atoms with Gasteiger partial charge in [-0.05, 0) is 88.8 Å². The summed E-state index contributed by atoms with van der Waals surface area (Å²) in [6.07, 6.45) is 0. The Morgan fingerprint density at radius 2 is 1.34 bits per heavy atom. The number of aryl methyl sites for hydroxylation is 2. The second kappa shape index (κ2) is 9.75. The van der Waals surface area contributed by atoms with Crippen LogP contribution in [0.5, 0.6) is 11.5 Å². The molecule has 0 fully saturated rings. The van der Waals surface area contributed by atoms with Crippen molar-refractivity contribution >= 4 is 21.7 Å². The van der Waals surface area contributed by atoms with Crippen molar-refractivity contribution < 1.29 is 22.7 Å². The van der Waals surface area contributed by atoms with Crippen LogP contribution in [0.3, 0.4) is 0 Å². The predicted molar refractivity (Wildman–Crippen MR) is 142 cm³/mol. The zero-order valence-corrected chi connectivity index (χ0v) is 21.7. The Balaban J connectivity index is 1.13. The lowest BCUT2D eigenvalue weighted by Crippen LogP contribution is -2.04. The summed E-state index contributed by atoms with van der Waals surface area (Å²) < 4.78 is 29.2. The van der Waals surface area contributed by atoms with Crippen molar-refractivity contribution in [2.75, 3.05) is 0 Å². The van der Waals surface area contributed by atoms with Crippen LogP contribution in [0, 0.1) is 13.8 Å². The summed E-state index contributed by atoms with van der Waals surface area (Å²) in [6.45, 7) is 4.08. The zero-order chi connectivity index (χ0) is 27.9. The fourth-order valence-corrected chi connectivity index (χ4v) is 4.55. The number of hydrogen-bond acceptors (Lipinski definition) is 12. The fourth-order valence-electron chi connectivity index (χ4n) is 4.55. The number of ether oxygens (including phenoxy) is 2. The molecule has 2 N–H and O–H groups in total. The monoisotopic (exact) mass is 552 g/mol. The summed E-state index contributed by atoms with van der Waals surface area (Å²) in [6, 6.07) is 14.4. The SMILES string of the molecule is Cc1cc2c(cc1OCc1ccc(-c3nnn[nH]3)o1)c(=O)oc1c(C)c(OCc3ccc(-c4nnn[nH]4)o3)ccc12. The van der Waals surface area contributed by atoms with Crippen LogP contribution < -0.4 is 15.1 Å². The van der Waals surface area contributed by atoms with Crippen LogP contribution in [-0.4, -0.2) is 41.2 Å². The number of H-pyrrole nitrogens is 2. The zero-order valence-electron chi connectivity index (χ0n) is 21.7. The van der Waals surface area contributed by atoms with Crippen molar-refractivity contribution in [1.29, 1.82) is 0 Å². The Hall–Kier alpha value is -5.79. The van der Waals surface area contributed by atoms with Crippen LogP contribution in [0.15, 0.2) is 66.6 Å². The normalized spacial score (nSPS) is 11.5. The van der Waals surface area contributed by atoms with Crippen LogP contribution in [0.4, 0.5) is 0 Å². The molecule has 2 aromatic carbocycles. The summed E-state index contributed by atoms with van der Waals surface area (Å²) in [5, 5.41) is 29.1. The van der Waals surface area contributed by atoms with E-state index < -0.39 is 5.63 Å². The first-order valence-corrected chi connectivity index (χ1v) is 12.5. The molecule has 204 valence electrons. The predicted octanol–water partition coefficient (Wildman–Crippen LogP) is 4.27. The molecule has 0 saturated carbocycles. The Labute approximate surface area is 229 Å². The van der Waals surface area contributed by atoms with E-state index in [1.165, 1.54) is 0 Å². The van der Waals surface area contributed by atoms with Crippen molar-refractivity contribution in [3.8, 4) is 34.7 Å². The van der Waals surface area contributed by atoms with E-state index in [-0.39, 0.29) is 13.2 Å². The molecule has 14 nitrogen and oxygen atoms in total. The summed E-state index contributed by atoms with van der Waals surface area (Å²) in [4.78, 5) is 13.1. The van der Waals surface area contributed by atoms with Gasteiger partial charge in [-0.1, -0.05) is 0 Å². The van der Waals surface area contributed by atoms with Gasteiger partial charge in [-0.25, -0.2) is 15.0 Å². The standard InChI is InChI=1S/C27H20N8O6/c1-13-9-18-17-5-8-20(37-11-15-3-6-21(39-15)25-28-32-33-29-25)14(2)24(17)41-27(36)19(18)10-23(13)38-12-16-4-7-22(40-16)26-30-34-35-31-26/h3-10H,11-12H2,1-2H3,(H,28,29,32,33)(H,30,31,34,35). The van der Waals surface area contributed by atoms with Crippen molar-refractivity contribution in [3.05, 3.63) is 81.6 Å². The highest BCUT2D eigenvalue weighted by atomic mass is 16.5. The maximum Gasteiger partial charge on any atom is 0.344 e. The summed E-state index contributed by atoms with van der Waals surface area (Å²) >= 11 is 0. The Kier molecular flexibility index (Phi) is 5.77. The van der Waals surface area contributed by atoms with Crippen LogP contribution in [0.1, 0.15) is 22.6 Å². The molecule has 0 aliphatic rings. The highest BCUT2D eigenvalue weighted by Crippen LogP contribution is 2.34. The average Bonchev–Trinajstić information content (AvgIpc) is 3.80. The molecule has 14 heteroatoms. The van der Waals surface area contributed by atoms with Crippen LogP contribution >= 0.6 is 0 Å². The maximum absolute atomic E-state index is 13.1. The van der Waals surface area contributed by atoms with Gasteiger partial charge in [-0.15, -0.1) is 10.2 Å². The molecule has 0 bridgehead atoms. The Morgan fingerprint density at radius 1 is 0.707 bits per heavy atom. The molecule has 0 spiro atoms. The van der Waals surface area contributed by atoms with E-state index in [1.54, 1.807) is 30.3 Å². The fraction of sp³-hybridized carbons (Fsp3) is 0.148. The van der Waals surface area contributed by atoms with Crippen molar-refractivity contribution in [3.63, 3.8) is 0 Å². The molecule has 0 aliphatic carbocycles. The molecule has 0 aliphatic heterocycles. The lowest BCUT2D eigenvalue weighted by atomic mass is 10.0. The molecule has 0 amide bonds. The highest BCUT2D eigenvalue weighted by Gasteiger charge is 2.17. The molecular weight excluding hydrogens is 532 g/mol. The molecule has 7 aromatic rings. The minimum atomic E-state index is -0.480. The minimum Gasteiger partial charge on any atom is -0.485 e. The van der Waals surface area contributed by atoms with Crippen LogP contribution in [0.25, 0.3) is 44.9 Å². The van der Waals surface area contributed by atoms with Gasteiger partial charge in [0, 0.05) is 16.3 Å². The molecular formula is C27H20N8O6. The van der Waals surface area contributed by atoms with Gasteiger partial charge in [-0.2, -0.15) is 0 Å². The largest absolute Gasteiger partial charge is 0.485 e. The third-order valence-corrected chi connectivity index (χ3v) is 6.60. The number of aromatic nitrogens is 8. The van der Waals surface area contributed by atoms with Crippen LogP contribution in [0.2, 0.25) is 0 Å². The van der Waals surface area contributed by atoms with E-state index in [0.29, 0.717) is 62.7 Å². The first-order valence-electron chi connectivity index (χ1n) is 12.5. The third-order valence-electron chi connectivity index (χ3n) is 6.60. The number of nitrogens with one attached hydrogen (secondary N) is 2. The Bertz CT molecular complexity index is 2060. The number of benzene rings is 2. The molecule has 41 heavy (non-hydrogen) atoms. The lowest BCUT2D eigenvalue weighted by molar-refractivity contribution is 0.270. The number of nitrogens with zero attached hydrogens (tertiary/aromatic N) is 6. The third kappa shape index (κ3) is 4.46. The summed E-state index contributed by atoms with van der Waals surface area (Å²) in [7, 11) is 0. The first kappa shape index (κ1) is 24.3. The minimum absolute atomic E-state index is 0.152. The smallest absolute Gasteiger partial charge is 0.344 e. The number of rotatable bonds is 8. The van der Waals surface area contributed by atoms with E-state index in [0.717, 1.165) is 16.3 Å². The number of hydrogen-bond donors (Lipinski definition) is 2. The van der Waals surface area contributed by atoms with E-state index in [4.69, 9.17) is 22.7 Å².